The number of aromatic nitrogens is 1. The molecule has 2 amide bonds. The summed E-state index contributed by atoms with van der Waals surface area (Å²) in [4.78, 5) is 37.9. The second-order valence-corrected chi connectivity index (χ2v) is 12.1. The number of hydrogen-bond donors (Lipinski definition) is 1. The fourth-order valence-electron chi connectivity index (χ4n) is 5.86. The Balaban J connectivity index is 1.80. The number of ether oxygens (including phenoxy) is 3. The average Bonchev–Trinajstić information content (AvgIpc) is 2.96. The van der Waals surface area contributed by atoms with Crippen LogP contribution in [0.15, 0.2) is 12.1 Å². The highest BCUT2D eigenvalue weighted by molar-refractivity contribution is 5.92. The number of amides is 2. The number of carbonyl (C=O) groups is 2. The maximum atomic E-state index is 13.3. The zero-order valence-corrected chi connectivity index (χ0v) is 25.8. The molecule has 3 heterocycles. The summed E-state index contributed by atoms with van der Waals surface area (Å²) in [5.74, 6) is 3.02. The third-order valence-corrected chi connectivity index (χ3v) is 8.15. The number of likely N-dealkylation sites (N-methyl/N-ethyl adjacent to an activating group) is 1. The minimum Gasteiger partial charge on any atom is -0.493 e. The van der Waals surface area contributed by atoms with Crippen LogP contribution in [0.25, 0.3) is 10.9 Å². The van der Waals surface area contributed by atoms with Crippen molar-refractivity contribution in [2.75, 3.05) is 72.0 Å². The molecule has 1 N–H and O–H groups in total. The molecule has 0 aliphatic carbocycles. The van der Waals surface area contributed by atoms with Crippen molar-refractivity contribution in [1.82, 2.24) is 20.1 Å². The van der Waals surface area contributed by atoms with E-state index in [0.717, 1.165) is 54.8 Å². The number of nitrogens with zero attached hydrogens (tertiary/aromatic N) is 4. The van der Waals surface area contributed by atoms with Gasteiger partial charge in [-0.2, -0.15) is 0 Å². The molecule has 41 heavy (non-hydrogen) atoms. The van der Waals surface area contributed by atoms with Gasteiger partial charge in [0.25, 0.3) is 0 Å². The molecule has 1 aromatic heterocycles. The second-order valence-electron chi connectivity index (χ2n) is 12.1. The molecule has 1 atom stereocenters. The van der Waals surface area contributed by atoms with Crippen molar-refractivity contribution in [2.45, 2.75) is 53.5 Å². The summed E-state index contributed by atoms with van der Waals surface area (Å²) in [5.41, 5.74) is 1.35. The summed E-state index contributed by atoms with van der Waals surface area (Å²) in [6.07, 6.45) is 2.38. The summed E-state index contributed by atoms with van der Waals surface area (Å²) in [7, 11) is 4.85. The predicted molar refractivity (Wildman–Crippen MR) is 161 cm³/mol. The van der Waals surface area contributed by atoms with Crippen LogP contribution in [-0.2, 0) is 16.1 Å². The Morgan fingerprint density at radius 1 is 1.05 bits per heavy atom. The number of carbonyl (C=O) groups excluding carboxylic acids is 2. The van der Waals surface area contributed by atoms with E-state index in [1.54, 1.807) is 21.3 Å². The monoisotopic (exact) mass is 569 g/mol. The standard InChI is InChI=1S/C31H47N5O5/c1-8-34-14-15-35(30(38)31(2,3)4)13-11-26(37)32-18-21-10-9-12-36(19-21)29-22(20-34)16-23-24(33-29)17-25(39-5)28(41-7)27(23)40-6/h16-17,21H,8-15,18-20H2,1-7H3,(H,32,37). The minimum absolute atomic E-state index is 0.00583. The Bertz CT molecular complexity index is 1240. The van der Waals surface area contributed by atoms with Gasteiger partial charge in [-0.1, -0.05) is 27.7 Å². The van der Waals surface area contributed by atoms with Gasteiger partial charge in [0.05, 0.1) is 26.8 Å². The van der Waals surface area contributed by atoms with Crippen molar-refractivity contribution in [1.29, 1.82) is 0 Å². The number of methoxy groups -OCH3 is 3. The van der Waals surface area contributed by atoms with Gasteiger partial charge >= 0.3 is 0 Å². The lowest BCUT2D eigenvalue weighted by Gasteiger charge is -2.35. The van der Waals surface area contributed by atoms with Crippen LogP contribution in [0.1, 0.15) is 52.5 Å². The summed E-state index contributed by atoms with van der Waals surface area (Å²) in [6, 6.07) is 4.07. The maximum Gasteiger partial charge on any atom is 0.228 e. The number of benzene rings is 1. The van der Waals surface area contributed by atoms with Crippen molar-refractivity contribution in [2.24, 2.45) is 11.3 Å². The summed E-state index contributed by atoms with van der Waals surface area (Å²) < 4.78 is 17.1. The van der Waals surface area contributed by atoms with Gasteiger partial charge in [0.2, 0.25) is 17.6 Å². The van der Waals surface area contributed by atoms with Crippen molar-refractivity contribution >= 4 is 28.5 Å². The quantitative estimate of drug-likeness (QED) is 0.596. The molecule has 1 saturated heterocycles. The van der Waals surface area contributed by atoms with Crippen molar-refractivity contribution in [3.05, 3.63) is 17.7 Å². The van der Waals surface area contributed by atoms with Gasteiger partial charge in [-0.25, -0.2) is 4.98 Å². The number of pyridine rings is 1. The van der Waals surface area contributed by atoms with Crippen LogP contribution in [0.4, 0.5) is 5.82 Å². The average molecular weight is 570 g/mol. The molecule has 2 aromatic rings. The fraction of sp³-hybridized carbons (Fsp3) is 0.645. The molecule has 4 rings (SSSR count). The number of piperidine rings is 1. The van der Waals surface area contributed by atoms with Crippen LogP contribution in [0.2, 0.25) is 0 Å². The molecular formula is C31H47N5O5. The fourth-order valence-corrected chi connectivity index (χ4v) is 5.86. The van der Waals surface area contributed by atoms with E-state index in [2.05, 4.69) is 28.1 Å². The van der Waals surface area contributed by atoms with Gasteiger partial charge < -0.3 is 29.3 Å². The van der Waals surface area contributed by atoms with Crippen LogP contribution in [0.3, 0.4) is 0 Å². The lowest BCUT2D eigenvalue weighted by atomic mass is 9.94. The Labute approximate surface area is 244 Å². The third-order valence-electron chi connectivity index (χ3n) is 8.15. The van der Waals surface area contributed by atoms with Gasteiger partial charge in [0.15, 0.2) is 11.5 Å². The van der Waals surface area contributed by atoms with E-state index in [9.17, 15) is 9.59 Å². The van der Waals surface area contributed by atoms with E-state index in [1.165, 1.54) is 0 Å². The highest BCUT2D eigenvalue weighted by Crippen LogP contribution is 2.44. The molecule has 0 spiro atoms. The first-order chi connectivity index (χ1) is 19.6. The Kier molecular flexibility index (Phi) is 9.84. The number of fused-ring (bicyclic) bond motifs is 5. The minimum atomic E-state index is -0.521. The maximum absolute atomic E-state index is 13.3. The SMILES string of the molecule is CCN1CCN(C(=O)C(C)(C)C)CCC(=O)NCC2CCCN(C2)c2nc3cc(OC)c(OC)c(OC)c3cc2C1. The topological polar surface area (TPSA) is 96.5 Å². The van der Waals surface area contributed by atoms with E-state index in [1.807, 2.05) is 31.7 Å². The summed E-state index contributed by atoms with van der Waals surface area (Å²) in [5, 5.41) is 4.00. The second kappa shape index (κ2) is 13.1. The smallest absolute Gasteiger partial charge is 0.228 e. The van der Waals surface area contributed by atoms with Crippen molar-refractivity contribution < 1.29 is 23.8 Å². The third kappa shape index (κ3) is 6.97. The molecule has 10 heteroatoms. The number of hydrogen-bond acceptors (Lipinski definition) is 8. The molecule has 226 valence electrons. The first kappa shape index (κ1) is 30.7. The number of anilines is 1. The molecule has 2 bridgehead atoms. The normalized spacial score (nSPS) is 19.6. The van der Waals surface area contributed by atoms with E-state index in [-0.39, 0.29) is 11.8 Å². The molecule has 0 radical (unpaired) electrons. The van der Waals surface area contributed by atoms with E-state index in [4.69, 9.17) is 19.2 Å². The highest BCUT2D eigenvalue weighted by atomic mass is 16.5. The molecule has 0 saturated carbocycles. The first-order valence-electron chi connectivity index (χ1n) is 14.8. The molecule has 1 unspecified atom stereocenters. The Morgan fingerprint density at radius 3 is 2.46 bits per heavy atom. The first-order valence-corrected chi connectivity index (χ1v) is 14.8. The van der Waals surface area contributed by atoms with E-state index < -0.39 is 5.41 Å². The van der Waals surface area contributed by atoms with Gasteiger partial charge in [-0.15, -0.1) is 0 Å². The largest absolute Gasteiger partial charge is 0.493 e. The molecule has 10 nitrogen and oxygen atoms in total. The lowest BCUT2D eigenvalue weighted by molar-refractivity contribution is -0.140. The van der Waals surface area contributed by atoms with Crippen LogP contribution in [0.5, 0.6) is 17.2 Å². The molecule has 1 aromatic carbocycles. The van der Waals surface area contributed by atoms with E-state index >= 15 is 0 Å². The molecule has 1 fully saturated rings. The molecular weight excluding hydrogens is 522 g/mol. The van der Waals surface area contributed by atoms with Gasteiger partial charge in [0.1, 0.15) is 5.82 Å². The van der Waals surface area contributed by atoms with Gasteiger partial charge in [-0.3, -0.25) is 14.5 Å². The Morgan fingerprint density at radius 2 is 1.80 bits per heavy atom. The zero-order valence-electron chi connectivity index (χ0n) is 25.8. The Hall–Kier alpha value is -3.27. The van der Waals surface area contributed by atoms with E-state index in [0.29, 0.717) is 62.3 Å². The molecule has 2 aliphatic rings. The predicted octanol–water partition coefficient (Wildman–Crippen LogP) is 3.69. The molecule has 2 aliphatic heterocycles. The summed E-state index contributed by atoms with van der Waals surface area (Å²) >= 11 is 0. The highest BCUT2D eigenvalue weighted by Gasteiger charge is 2.30. The van der Waals surface area contributed by atoms with Crippen molar-refractivity contribution in [3.8, 4) is 17.2 Å². The zero-order chi connectivity index (χ0) is 29.7. The van der Waals surface area contributed by atoms with Gasteiger partial charge in [0, 0.05) is 74.7 Å². The lowest BCUT2D eigenvalue weighted by Crippen LogP contribution is -2.45. The van der Waals surface area contributed by atoms with Crippen LogP contribution < -0.4 is 24.4 Å². The van der Waals surface area contributed by atoms with Crippen LogP contribution in [0, 0.1) is 11.3 Å². The van der Waals surface area contributed by atoms with Crippen LogP contribution >= 0.6 is 0 Å². The number of rotatable bonds is 4. The summed E-state index contributed by atoms with van der Waals surface area (Å²) in [6.45, 7) is 13.4. The van der Waals surface area contributed by atoms with Gasteiger partial charge in [-0.05, 0) is 31.4 Å². The number of nitrogens with one attached hydrogen (secondary N) is 1. The van der Waals surface area contributed by atoms with Crippen molar-refractivity contribution in [3.63, 3.8) is 0 Å². The van der Waals surface area contributed by atoms with Crippen LogP contribution in [-0.4, -0.2) is 93.7 Å².